The van der Waals surface area contributed by atoms with Gasteiger partial charge in [0.2, 0.25) is 0 Å². The molecule has 0 unspecified atom stereocenters. The summed E-state index contributed by atoms with van der Waals surface area (Å²) in [5.41, 5.74) is 3.44. The van der Waals surface area contributed by atoms with Crippen molar-refractivity contribution in [2.75, 3.05) is 4.90 Å². The maximum Gasteiger partial charge on any atom is 0.266 e. The van der Waals surface area contributed by atoms with Gasteiger partial charge in [-0.1, -0.05) is 48.8 Å². The van der Waals surface area contributed by atoms with Crippen LogP contribution >= 0.6 is 15.9 Å². The Kier molecular flexibility index (Phi) is 3.68. The molecule has 2 amide bonds. The predicted molar refractivity (Wildman–Crippen MR) is 95.2 cm³/mol. The zero-order valence-electron chi connectivity index (χ0n) is 13.6. The Morgan fingerprint density at radius 2 is 1.61 bits per heavy atom. The molecule has 1 heterocycles. The number of anilines is 1. The fourth-order valence-corrected chi connectivity index (χ4v) is 3.12. The van der Waals surface area contributed by atoms with Gasteiger partial charge in [-0.3, -0.25) is 9.59 Å². The van der Waals surface area contributed by atoms with Crippen LogP contribution in [0, 0.1) is 6.92 Å². The average Bonchev–Trinajstić information content (AvgIpc) is 2.73. The van der Waals surface area contributed by atoms with Gasteiger partial charge in [0.05, 0.1) is 16.8 Å². The molecule has 0 spiro atoms. The molecule has 2 aromatic carbocycles. The molecule has 23 heavy (non-hydrogen) atoms. The molecule has 3 rings (SSSR count). The number of carbonyl (C=O) groups excluding carboxylic acids is 2. The third-order valence-corrected chi connectivity index (χ3v) is 5.09. The van der Waals surface area contributed by atoms with Gasteiger partial charge in [-0.05, 0) is 47.7 Å². The van der Waals surface area contributed by atoms with E-state index in [1.807, 2.05) is 31.2 Å². The molecular weight excluding hydrogens is 354 g/mol. The van der Waals surface area contributed by atoms with Crippen LogP contribution in [-0.2, 0) is 5.41 Å². The van der Waals surface area contributed by atoms with Crippen LogP contribution in [0.15, 0.2) is 40.9 Å². The summed E-state index contributed by atoms with van der Waals surface area (Å²) in [6.07, 6.45) is 0. The topological polar surface area (TPSA) is 37.4 Å². The monoisotopic (exact) mass is 371 g/mol. The Hall–Kier alpha value is -1.94. The third-order valence-electron chi connectivity index (χ3n) is 4.23. The zero-order valence-corrected chi connectivity index (χ0v) is 15.2. The summed E-state index contributed by atoms with van der Waals surface area (Å²) in [6, 6.07) is 11.1. The number of hydrogen-bond acceptors (Lipinski definition) is 2. The van der Waals surface area contributed by atoms with Gasteiger partial charge in [0.15, 0.2) is 0 Å². The minimum Gasteiger partial charge on any atom is -0.268 e. The minimum atomic E-state index is -0.258. The van der Waals surface area contributed by atoms with Crippen molar-refractivity contribution in [2.24, 2.45) is 0 Å². The first-order valence-corrected chi connectivity index (χ1v) is 8.29. The Morgan fingerprint density at radius 3 is 2.26 bits per heavy atom. The van der Waals surface area contributed by atoms with E-state index >= 15 is 0 Å². The van der Waals surface area contributed by atoms with Crippen molar-refractivity contribution >= 4 is 33.4 Å². The highest BCUT2D eigenvalue weighted by molar-refractivity contribution is 9.10. The summed E-state index contributed by atoms with van der Waals surface area (Å²) >= 11 is 3.46. The molecule has 118 valence electrons. The number of carbonyl (C=O) groups is 2. The molecule has 0 atom stereocenters. The second-order valence-corrected chi connectivity index (χ2v) is 7.69. The van der Waals surface area contributed by atoms with E-state index in [9.17, 15) is 9.59 Å². The third kappa shape index (κ3) is 2.51. The van der Waals surface area contributed by atoms with Gasteiger partial charge in [0, 0.05) is 4.47 Å². The van der Waals surface area contributed by atoms with Gasteiger partial charge in [0.25, 0.3) is 11.8 Å². The summed E-state index contributed by atoms with van der Waals surface area (Å²) in [5, 5.41) is 0. The molecule has 0 aromatic heterocycles. The van der Waals surface area contributed by atoms with Crippen LogP contribution in [0.5, 0.6) is 0 Å². The molecule has 0 N–H and O–H groups in total. The Morgan fingerprint density at radius 1 is 0.957 bits per heavy atom. The van der Waals surface area contributed by atoms with Crippen molar-refractivity contribution in [1.82, 2.24) is 0 Å². The highest BCUT2D eigenvalue weighted by Crippen LogP contribution is 2.35. The van der Waals surface area contributed by atoms with E-state index in [4.69, 9.17) is 0 Å². The van der Waals surface area contributed by atoms with Crippen LogP contribution in [0.4, 0.5) is 5.69 Å². The van der Waals surface area contributed by atoms with Crippen molar-refractivity contribution in [3.05, 3.63) is 63.1 Å². The Labute approximate surface area is 144 Å². The maximum absolute atomic E-state index is 12.8. The van der Waals surface area contributed by atoms with Gasteiger partial charge < -0.3 is 0 Å². The summed E-state index contributed by atoms with van der Waals surface area (Å²) in [6.45, 7) is 8.16. The number of fused-ring (bicyclic) bond motifs is 1. The normalized spacial score (nSPS) is 14.4. The van der Waals surface area contributed by atoms with Crippen LogP contribution in [0.2, 0.25) is 0 Å². The number of rotatable bonds is 1. The second-order valence-electron chi connectivity index (χ2n) is 6.84. The average molecular weight is 372 g/mol. The van der Waals surface area contributed by atoms with Crippen LogP contribution in [0.3, 0.4) is 0 Å². The van der Waals surface area contributed by atoms with E-state index in [-0.39, 0.29) is 17.2 Å². The molecule has 0 bridgehead atoms. The smallest absolute Gasteiger partial charge is 0.266 e. The quantitative estimate of drug-likeness (QED) is 0.671. The van der Waals surface area contributed by atoms with Gasteiger partial charge in [-0.2, -0.15) is 0 Å². The first kappa shape index (κ1) is 15.9. The number of hydrogen-bond donors (Lipinski definition) is 0. The lowest BCUT2D eigenvalue weighted by Gasteiger charge is -2.19. The predicted octanol–water partition coefficient (Wildman–Crippen LogP) is 4.86. The number of imide groups is 1. The molecule has 0 saturated carbocycles. The number of benzene rings is 2. The first-order chi connectivity index (χ1) is 10.7. The van der Waals surface area contributed by atoms with Gasteiger partial charge in [-0.15, -0.1) is 0 Å². The SMILES string of the molecule is Cc1c(Br)cccc1N1C(=O)c2ccc(C(C)(C)C)cc2C1=O. The summed E-state index contributed by atoms with van der Waals surface area (Å²) < 4.78 is 0.877. The Balaban J connectivity index is 2.13. The van der Waals surface area contributed by atoms with Crippen molar-refractivity contribution in [2.45, 2.75) is 33.1 Å². The molecule has 0 saturated heterocycles. The van der Waals surface area contributed by atoms with E-state index in [0.29, 0.717) is 16.8 Å². The van der Waals surface area contributed by atoms with Crippen LogP contribution in [0.25, 0.3) is 0 Å². The van der Waals surface area contributed by atoms with Gasteiger partial charge in [-0.25, -0.2) is 4.90 Å². The van der Waals surface area contributed by atoms with E-state index < -0.39 is 0 Å². The van der Waals surface area contributed by atoms with E-state index in [1.165, 1.54) is 4.90 Å². The number of halogens is 1. The van der Waals surface area contributed by atoms with Crippen LogP contribution < -0.4 is 4.90 Å². The van der Waals surface area contributed by atoms with Crippen molar-refractivity contribution in [3.8, 4) is 0 Å². The van der Waals surface area contributed by atoms with Gasteiger partial charge in [0.1, 0.15) is 0 Å². The molecule has 2 aromatic rings. The van der Waals surface area contributed by atoms with E-state index in [0.717, 1.165) is 15.6 Å². The largest absolute Gasteiger partial charge is 0.268 e. The second kappa shape index (κ2) is 5.31. The standard InChI is InChI=1S/C19H18BrNO2/c1-11-15(20)6-5-7-16(11)21-17(22)13-9-8-12(19(2,3)4)10-14(13)18(21)23/h5-10H,1-4H3. The highest BCUT2D eigenvalue weighted by Gasteiger charge is 2.38. The molecular formula is C19H18BrNO2. The first-order valence-electron chi connectivity index (χ1n) is 7.50. The van der Waals surface area contributed by atoms with Crippen molar-refractivity contribution < 1.29 is 9.59 Å². The van der Waals surface area contributed by atoms with Crippen LogP contribution in [-0.4, -0.2) is 11.8 Å². The lowest BCUT2D eigenvalue weighted by atomic mass is 9.85. The Bertz CT molecular complexity index is 834. The molecule has 0 radical (unpaired) electrons. The lowest BCUT2D eigenvalue weighted by molar-refractivity contribution is 0.0926. The summed E-state index contributed by atoms with van der Waals surface area (Å²) in [5.74, 6) is -0.510. The van der Waals surface area contributed by atoms with Crippen LogP contribution in [0.1, 0.15) is 52.6 Å². The molecule has 1 aliphatic heterocycles. The van der Waals surface area contributed by atoms with Gasteiger partial charge >= 0.3 is 0 Å². The van der Waals surface area contributed by atoms with E-state index in [2.05, 4.69) is 36.7 Å². The fourth-order valence-electron chi connectivity index (χ4n) is 2.76. The molecule has 0 aliphatic carbocycles. The lowest BCUT2D eigenvalue weighted by Crippen LogP contribution is -2.30. The summed E-state index contributed by atoms with van der Waals surface area (Å²) in [4.78, 5) is 26.8. The maximum atomic E-state index is 12.8. The van der Waals surface area contributed by atoms with E-state index in [1.54, 1.807) is 12.1 Å². The fraction of sp³-hybridized carbons (Fsp3) is 0.263. The molecule has 1 aliphatic rings. The molecule has 3 nitrogen and oxygen atoms in total. The minimum absolute atomic E-state index is 0.0720. The number of nitrogens with zero attached hydrogens (tertiary/aromatic N) is 1. The molecule has 4 heteroatoms. The van der Waals surface area contributed by atoms with Crippen molar-refractivity contribution in [1.29, 1.82) is 0 Å². The highest BCUT2D eigenvalue weighted by atomic mass is 79.9. The van der Waals surface area contributed by atoms with Crippen molar-refractivity contribution in [3.63, 3.8) is 0 Å². The number of amides is 2. The molecule has 0 fully saturated rings. The summed E-state index contributed by atoms with van der Waals surface area (Å²) in [7, 11) is 0. The zero-order chi connectivity index (χ0) is 16.9.